The van der Waals surface area contributed by atoms with Crippen molar-refractivity contribution in [2.24, 2.45) is 0 Å². The summed E-state index contributed by atoms with van der Waals surface area (Å²) in [5.41, 5.74) is 0. The second kappa shape index (κ2) is 5.67. The molecule has 0 rings (SSSR count). The average Bonchev–Trinajstić information content (AvgIpc) is 1.81. The Kier molecular flexibility index (Phi) is 6.05. The van der Waals surface area contributed by atoms with Crippen molar-refractivity contribution in [3.8, 4) is 0 Å². The molecule has 0 aromatic heterocycles. The van der Waals surface area contributed by atoms with Gasteiger partial charge in [-0.15, -0.1) is 17.2 Å². The van der Waals surface area contributed by atoms with E-state index in [1.807, 2.05) is 0 Å². The third-order valence-electron chi connectivity index (χ3n) is 1.66. The van der Waals surface area contributed by atoms with Gasteiger partial charge in [0.25, 0.3) is 0 Å². The monoisotopic (exact) mass is 220 g/mol. The van der Waals surface area contributed by atoms with E-state index in [2.05, 4.69) is 41.5 Å². The molecule has 13 heavy (non-hydrogen) atoms. The van der Waals surface area contributed by atoms with Gasteiger partial charge in [-0.3, -0.25) is 0 Å². The van der Waals surface area contributed by atoms with Gasteiger partial charge in [-0.05, 0) is 29.1 Å². The van der Waals surface area contributed by atoms with E-state index in [1.165, 1.54) is 18.7 Å². The SMILES string of the molecule is CC(C)(C)PCCCPC(C)(C)C. The maximum atomic E-state index is 2.34. The number of hydrogen-bond donors (Lipinski definition) is 0. The van der Waals surface area contributed by atoms with E-state index in [0.29, 0.717) is 10.3 Å². The quantitative estimate of drug-likeness (QED) is 0.488. The van der Waals surface area contributed by atoms with Crippen LogP contribution in [-0.2, 0) is 0 Å². The Bertz CT molecular complexity index is 112. The Morgan fingerprint density at radius 2 is 1.00 bits per heavy atom. The van der Waals surface area contributed by atoms with Crippen molar-refractivity contribution in [1.82, 2.24) is 0 Å². The van der Waals surface area contributed by atoms with Gasteiger partial charge in [0.1, 0.15) is 0 Å². The highest BCUT2D eigenvalue weighted by atomic mass is 31.1. The molecule has 0 heterocycles. The summed E-state index contributed by atoms with van der Waals surface area (Å²) in [6.45, 7) is 14.1. The predicted octanol–water partition coefficient (Wildman–Crippen LogP) is 4.33. The fourth-order valence-electron chi connectivity index (χ4n) is 1.02. The molecule has 0 fully saturated rings. The van der Waals surface area contributed by atoms with Gasteiger partial charge in [-0.2, -0.15) is 0 Å². The maximum Gasteiger partial charge on any atom is -0.0207 e. The van der Waals surface area contributed by atoms with Crippen LogP contribution in [0.3, 0.4) is 0 Å². The van der Waals surface area contributed by atoms with Crippen molar-refractivity contribution >= 4 is 17.2 Å². The minimum atomic E-state index is 0.560. The van der Waals surface area contributed by atoms with Crippen molar-refractivity contribution in [2.45, 2.75) is 58.3 Å². The average molecular weight is 220 g/mol. The van der Waals surface area contributed by atoms with Crippen LogP contribution in [0.1, 0.15) is 48.0 Å². The normalized spacial score (nSPS) is 15.2. The van der Waals surface area contributed by atoms with Gasteiger partial charge in [0.15, 0.2) is 0 Å². The third kappa shape index (κ3) is 12.9. The van der Waals surface area contributed by atoms with Crippen LogP contribution in [0.25, 0.3) is 0 Å². The smallest absolute Gasteiger partial charge is 0.0207 e. The molecule has 0 amide bonds. The zero-order chi connectivity index (χ0) is 10.5. The molecular weight excluding hydrogens is 194 g/mol. The van der Waals surface area contributed by atoms with Crippen LogP contribution in [0.2, 0.25) is 0 Å². The zero-order valence-corrected chi connectivity index (χ0v) is 12.1. The van der Waals surface area contributed by atoms with E-state index >= 15 is 0 Å². The Labute approximate surface area is 88.2 Å². The topological polar surface area (TPSA) is 0 Å². The Morgan fingerprint density at radius 3 is 1.23 bits per heavy atom. The fourth-order valence-corrected chi connectivity index (χ4v) is 3.58. The second-order valence-electron chi connectivity index (χ2n) is 5.71. The fraction of sp³-hybridized carbons (Fsp3) is 1.00. The summed E-state index contributed by atoms with van der Waals surface area (Å²) in [6, 6.07) is 0. The van der Waals surface area contributed by atoms with E-state index in [4.69, 9.17) is 0 Å². The Morgan fingerprint density at radius 1 is 0.692 bits per heavy atom. The second-order valence-corrected chi connectivity index (χ2v) is 10.4. The summed E-state index contributed by atoms with van der Waals surface area (Å²) >= 11 is 0. The molecule has 80 valence electrons. The Balaban J connectivity index is 3.28. The molecule has 2 heteroatoms. The highest BCUT2D eigenvalue weighted by molar-refractivity contribution is 7.41. The first-order valence-electron chi connectivity index (χ1n) is 5.21. The van der Waals surface area contributed by atoms with Gasteiger partial charge in [-0.1, -0.05) is 41.5 Å². The highest BCUT2D eigenvalue weighted by Crippen LogP contribution is 2.34. The Hall–Kier alpha value is 0.860. The highest BCUT2D eigenvalue weighted by Gasteiger charge is 2.11. The summed E-state index contributed by atoms with van der Waals surface area (Å²) < 4.78 is 0. The zero-order valence-electron chi connectivity index (χ0n) is 10.1. The van der Waals surface area contributed by atoms with Crippen LogP contribution in [0.15, 0.2) is 0 Å². The van der Waals surface area contributed by atoms with Crippen LogP contribution < -0.4 is 0 Å². The molecule has 0 radical (unpaired) electrons. The molecule has 0 aromatic rings. The predicted molar refractivity (Wildman–Crippen MR) is 70.5 cm³/mol. The number of rotatable bonds is 4. The molecule has 0 saturated carbocycles. The van der Waals surface area contributed by atoms with Gasteiger partial charge in [-0.25, -0.2) is 0 Å². The van der Waals surface area contributed by atoms with E-state index in [-0.39, 0.29) is 0 Å². The molecule has 0 N–H and O–H groups in total. The van der Waals surface area contributed by atoms with Crippen LogP contribution in [0.4, 0.5) is 0 Å². The molecule has 0 aliphatic heterocycles. The minimum absolute atomic E-state index is 0.560. The van der Waals surface area contributed by atoms with Crippen LogP contribution in [-0.4, -0.2) is 22.6 Å². The van der Waals surface area contributed by atoms with Crippen molar-refractivity contribution in [3.05, 3.63) is 0 Å². The first-order valence-corrected chi connectivity index (χ1v) is 7.62. The third-order valence-corrected chi connectivity index (χ3v) is 4.99. The molecule has 2 unspecified atom stereocenters. The van der Waals surface area contributed by atoms with Gasteiger partial charge in [0.2, 0.25) is 0 Å². The molecule has 0 nitrogen and oxygen atoms in total. The van der Waals surface area contributed by atoms with Crippen LogP contribution in [0, 0.1) is 0 Å². The van der Waals surface area contributed by atoms with E-state index in [9.17, 15) is 0 Å². The molecule has 0 spiro atoms. The minimum Gasteiger partial charge on any atom is -0.116 e. The van der Waals surface area contributed by atoms with Gasteiger partial charge >= 0.3 is 0 Å². The van der Waals surface area contributed by atoms with Crippen LogP contribution >= 0.6 is 17.2 Å². The molecular formula is C11H26P2. The van der Waals surface area contributed by atoms with Gasteiger partial charge < -0.3 is 0 Å². The first kappa shape index (κ1) is 13.9. The van der Waals surface area contributed by atoms with E-state index < -0.39 is 0 Å². The molecule has 0 aliphatic carbocycles. The summed E-state index contributed by atoms with van der Waals surface area (Å²) in [5.74, 6) is 0. The standard InChI is InChI=1S/C11H26P2/c1-10(2,3)12-8-7-9-13-11(4,5)6/h12-13H,7-9H2,1-6H3. The molecule has 0 aromatic carbocycles. The van der Waals surface area contributed by atoms with Gasteiger partial charge in [0.05, 0.1) is 0 Å². The lowest BCUT2D eigenvalue weighted by atomic mass is 10.3. The lowest BCUT2D eigenvalue weighted by Gasteiger charge is -2.20. The first-order chi connectivity index (χ1) is 5.71. The van der Waals surface area contributed by atoms with Crippen molar-refractivity contribution in [3.63, 3.8) is 0 Å². The summed E-state index contributed by atoms with van der Waals surface area (Å²) in [6.07, 6.45) is 4.31. The lowest BCUT2D eigenvalue weighted by Crippen LogP contribution is -2.08. The molecule has 0 bridgehead atoms. The molecule has 2 atom stereocenters. The van der Waals surface area contributed by atoms with Crippen molar-refractivity contribution in [1.29, 1.82) is 0 Å². The largest absolute Gasteiger partial charge is 0.116 e. The van der Waals surface area contributed by atoms with Crippen LogP contribution in [0.5, 0.6) is 0 Å². The van der Waals surface area contributed by atoms with Gasteiger partial charge in [0, 0.05) is 0 Å². The number of hydrogen-bond acceptors (Lipinski definition) is 0. The molecule has 0 saturated heterocycles. The van der Waals surface area contributed by atoms with E-state index in [0.717, 1.165) is 17.2 Å². The lowest BCUT2D eigenvalue weighted by molar-refractivity contribution is 0.784. The van der Waals surface area contributed by atoms with E-state index in [1.54, 1.807) is 0 Å². The summed E-state index contributed by atoms with van der Waals surface area (Å²) in [5, 5.41) is 1.12. The maximum absolute atomic E-state index is 2.34. The van der Waals surface area contributed by atoms with Crippen molar-refractivity contribution in [2.75, 3.05) is 12.3 Å². The van der Waals surface area contributed by atoms with Crippen molar-refractivity contribution < 1.29 is 0 Å². The summed E-state index contributed by atoms with van der Waals surface area (Å²) in [4.78, 5) is 0. The molecule has 0 aliphatic rings. The summed E-state index contributed by atoms with van der Waals surface area (Å²) in [7, 11) is 2.28.